The molecule has 0 unspecified atom stereocenters. The molecule has 4 rings (SSSR count). The number of halogens is 2. The van der Waals surface area contributed by atoms with Crippen molar-refractivity contribution in [1.82, 2.24) is 40.0 Å². The van der Waals surface area contributed by atoms with Crippen LogP contribution >= 0.6 is 23.2 Å². The molecule has 0 aliphatic rings. The molecule has 0 aromatic carbocycles. The van der Waals surface area contributed by atoms with Crippen molar-refractivity contribution in [3.05, 3.63) is 81.9 Å². The van der Waals surface area contributed by atoms with Gasteiger partial charge in [0.1, 0.15) is 10.3 Å². The lowest BCUT2D eigenvalue weighted by Gasteiger charge is -2.04. The molecule has 0 saturated carbocycles. The van der Waals surface area contributed by atoms with Crippen LogP contribution in [0.4, 0.5) is 0 Å². The van der Waals surface area contributed by atoms with E-state index in [1.165, 1.54) is 0 Å². The van der Waals surface area contributed by atoms with E-state index in [0.717, 1.165) is 22.5 Å². The molecule has 0 fully saturated rings. The third kappa shape index (κ3) is 5.58. The Kier molecular flexibility index (Phi) is 6.67. The van der Waals surface area contributed by atoms with Crippen molar-refractivity contribution >= 4 is 23.2 Å². The summed E-state index contributed by atoms with van der Waals surface area (Å²) in [6, 6.07) is 7.44. The number of rotatable bonds is 4. The van der Waals surface area contributed by atoms with Crippen LogP contribution < -0.4 is 0 Å². The van der Waals surface area contributed by atoms with Gasteiger partial charge in [-0.25, -0.2) is 14.6 Å². The summed E-state index contributed by atoms with van der Waals surface area (Å²) in [6.45, 7) is 5.15. The Bertz CT molecular complexity index is 933. The molecule has 28 heavy (non-hydrogen) atoms. The van der Waals surface area contributed by atoms with Crippen molar-refractivity contribution in [2.45, 2.75) is 26.9 Å². The van der Waals surface area contributed by atoms with Crippen LogP contribution in [0.1, 0.15) is 22.5 Å². The highest BCUT2D eigenvalue weighted by atomic mass is 35.5. The van der Waals surface area contributed by atoms with Gasteiger partial charge in [0.25, 0.3) is 0 Å². The summed E-state index contributed by atoms with van der Waals surface area (Å²) in [6.07, 6.45) is 6.77. The normalized spacial score (nSPS) is 10.4. The molecule has 0 amide bonds. The van der Waals surface area contributed by atoms with E-state index in [0.29, 0.717) is 23.4 Å². The molecule has 144 valence electrons. The van der Waals surface area contributed by atoms with Gasteiger partial charge in [0.15, 0.2) is 0 Å². The van der Waals surface area contributed by atoms with Gasteiger partial charge in [0.2, 0.25) is 0 Å². The van der Waals surface area contributed by atoms with Gasteiger partial charge in [-0.2, -0.15) is 15.0 Å². The molecule has 0 bridgehead atoms. The van der Waals surface area contributed by atoms with E-state index >= 15 is 0 Å². The summed E-state index contributed by atoms with van der Waals surface area (Å²) in [5.41, 5.74) is 4.01. The van der Waals surface area contributed by atoms with Crippen molar-refractivity contribution in [3.63, 3.8) is 0 Å². The van der Waals surface area contributed by atoms with Crippen molar-refractivity contribution in [1.29, 1.82) is 0 Å². The monoisotopic (exact) mass is 416 g/mol. The van der Waals surface area contributed by atoms with Crippen molar-refractivity contribution in [2.75, 3.05) is 0 Å². The second-order valence-corrected chi connectivity index (χ2v) is 6.69. The number of aromatic nitrogens is 8. The molecule has 0 aliphatic heterocycles. The molecule has 0 saturated heterocycles. The van der Waals surface area contributed by atoms with Crippen LogP contribution in [0, 0.1) is 13.8 Å². The standard InChI is InChI=1S/2C9H9ClN4/c1-7-8(2-3-9(10)12-7)6-14-5-4-11-13-14;1-7-8(2-3-9(10)13-7)6-14-11-4-5-12-14/h2*2-5H,6H2,1H3. The van der Waals surface area contributed by atoms with Gasteiger partial charge in [0, 0.05) is 17.6 Å². The van der Waals surface area contributed by atoms with Gasteiger partial charge in [-0.3, -0.25) is 0 Å². The zero-order chi connectivity index (χ0) is 19.9. The highest BCUT2D eigenvalue weighted by molar-refractivity contribution is 6.29. The molecule has 4 aromatic heterocycles. The van der Waals surface area contributed by atoms with Crippen molar-refractivity contribution in [3.8, 4) is 0 Å². The van der Waals surface area contributed by atoms with Crippen LogP contribution in [0.3, 0.4) is 0 Å². The van der Waals surface area contributed by atoms with Crippen molar-refractivity contribution < 1.29 is 0 Å². The molecule has 4 heterocycles. The average Bonchev–Trinajstić information content (AvgIpc) is 3.34. The number of aryl methyl sites for hydroxylation is 2. The first-order valence-electron chi connectivity index (χ1n) is 8.43. The summed E-state index contributed by atoms with van der Waals surface area (Å²) < 4.78 is 1.75. The Morgan fingerprint density at radius 3 is 1.86 bits per heavy atom. The maximum Gasteiger partial charge on any atom is 0.129 e. The first kappa shape index (κ1) is 19.9. The van der Waals surface area contributed by atoms with Crippen LogP contribution in [0.2, 0.25) is 10.3 Å². The SMILES string of the molecule is Cc1nc(Cl)ccc1Cn1ccnn1.Cc1nc(Cl)ccc1Cn1nccn1. The van der Waals surface area contributed by atoms with Crippen LogP contribution in [0.15, 0.2) is 49.1 Å². The third-order valence-corrected chi connectivity index (χ3v) is 4.33. The van der Waals surface area contributed by atoms with E-state index in [1.807, 2.05) is 32.2 Å². The van der Waals surface area contributed by atoms with E-state index in [-0.39, 0.29) is 0 Å². The lowest BCUT2D eigenvalue weighted by atomic mass is 10.2. The smallest absolute Gasteiger partial charge is 0.129 e. The van der Waals surface area contributed by atoms with Crippen molar-refractivity contribution in [2.24, 2.45) is 0 Å². The first-order chi connectivity index (χ1) is 13.5. The molecule has 0 N–H and O–H groups in total. The molecular weight excluding hydrogens is 399 g/mol. The first-order valence-corrected chi connectivity index (χ1v) is 9.19. The van der Waals surface area contributed by atoms with Gasteiger partial charge < -0.3 is 0 Å². The van der Waals surface area contributed by atoms with Gasteiger partial charge in [-0.05, 0) is 37.1 Å². The second-order valence-electron chi connectivity index (χ2n) is 5.92. The summed E-state index contributed by atoms with van der Waals surface area (Å²) in [5.74, 6) is 0. The summed E-state index contributed by atoms with van der Waals surface area (Å²) >= 11 is 11.5. The van der Waals surface area contributed by atoms with E-state index in [4.69, 9.17) is 23.2 Å². The number of hydrogen-bond donors (Lipinski definition) is 0. The Balaban J connectivity index is 0.000000161. The molecule has 0 aliphatic carbocycles. The Hall–Kier alpha value is -2.84. The Morgan fingerprint density at radius 2 is 1.36 bits per heavy atom. The molecule has 0 spiro atoms. The summed E-state index contributed by atoms with van der Waals surface area (Å²) in [4.78, 5) is 9.92. The second kappa shape index (κ2) is 9.38. The third-order valence-electron chi connectivity index (χ3n) is 3.91. The molecule has 8 nitrogen and oxygen atoms in total. The van der Waals surface area contributed by atoms with E-state index in [9.17, 15) is 0 Å². The van der Waals surface area contributed by atoms with Gasteiger partial charge in [-0.15, -0.1) is 5.10 Å². The highest BCUT2D eigenvalue weighted by Crippen LogP contribution is 2.12. The van der Waals surface area contributed by atoms with E-state index in [1.54, 1.807) is 40.2 Å². The molecule has 10 heteroatoms. The minimum atomic E-state index is 0.514. The van der Waals surface area contributed by atoms with E-state index < -0.39 is 0 Å². The lowest BCUT2D eigenvalue weighted by molar-refractivity contribution is 0.588. The average molecular weight is 417 g/mol. The van der Waals surface area contributed by atoms with Crippen LogP contribution in [-0.4, -0.2) is 40.0 Å². The van der Waals surface area contributed by atoms with E-state index in [2.05, 4.69) is 30.5 Å². The number of pyridine rings is 2. The lowest BCUT2D eigenvalue weighted by Crippen LogP contribution is -2.05. The number of nitrogens with zero attached hydrogens (tertiary/aromatic N) is 8. The zero-order valence-electron chi connectivity index (χ0n) is 15.4. The summed E-state index contributed by atoms with van der Waals surface area (Å²) in [5, 5.41) is 16.7. The molecular formula is C18H18Cl2N8. The van der Waals surface area contributed by atoms with Gasteiger partial charge >= 0.3 is 0 Å². The minimum Gasteiger partial charge on any atom is -0.248 e. The van der Waals surface area contributed by atoms with Crippen LogP contribution in [0.5, 0.6) is 0 Å². The van der Waals surface area contributed by atoms with Gasteiger partial charge in [-0.1, -0.05) is 40.5 Å². The highest BCUT2D eigenvalue weighted by Gasteiger charge is 2.03. The minimum absolute atomic E-state index is 0.514. The fourth-order valence-corrected chi connectivity index (χ4v) is 2.80. The maximum absolute atomic E-state index is 5.75. The Morgan fingerprint density at radius 1 is 0.786 bits per heavy atom. The predicted molar refractivity (Wildman–Crippen MR) is 106 cm³/mol. The Labute approximate surface area is 172 Å². The summed E-state index contributed by atoms with van der Waals surface area (Å²) in [7, 11) is 0. The zero-order valence-corrected chi connectivity index (χ0v) is 16.9. The molecule has 0 radical (unpaired) electrons. The van der Waals surface area contributed by atoms with Crippen LogP contribution in [-0.2, 0) is 13.1 Å². The molecule has 4 aromatic rings. The quantitative estimate of drug-likeness (QED) is 0.473. The largest absolute Gasteiger partial charge is 0.248 e. The van der Waals surface area contributed by atoms with Gasteiger partial charge in [0.05, 0.1) is 31.7 Å². The number of hydrogen-bond acceptors (Lipinski definition) is 6. The fourth-order valence-electron chi connectivity index (χ4n) is 2.42. The topological polar surface area (TPSA) is 87.2 Å². The molecule has 0 atom stereocenters. The predicted octanol–water partition coefficient (Wildman–Crippen LogP) is 3.37. The van der Waals surface area contributed by atoms with Crippen LogP contribution in [0.25, 0.3) is 0 Å². The maximum atomic E-state index is 5.75. The fraction of sp³-hybridized carbons (Fsp3) is 0.222.